The second-order valence-corrected chi connectivity index (χ2v) is 5.26. The van der Waals surface area contributed by atoms with Crippen LogP contribution in [0.15, 0.2) is 24.3 Å². The van der Waals surface area contributed by atoms with Crippen LogP contribution in [-0.2, 0) is 11.0 Å². The van der Waals surface area contributed by atoms with Crippen LogP contribution in [0.1, 0.15) is 30.0 Å². The van der Waals surface area contributed by atoms with Gasteiger partial charge in [0.1, 0.15) is 0 Å². The van der Waals surface area contributed by atoms with Crippen LogP contribution in [-0.4, -0.2) is 10.9 Å². The second kappa shape index (κ2) is 7.15. The van der Waals surface area contributed by atoms with Gasteiger partial charge in [-0.05, 0) is 30.2 Å². The van der Waals surface area contributed by atoms with E-state index in [9.17, 15) is 18.0 Å². The minimum Gasteiger partial charge on any atom is -0.288 e. The standard InChI is InChI=1S/C14H12F3NOS/c1-10(19)20-5-3-2-4-11-6-12(9-18)8-13(7-11)14(15,16)17/h2,4,6-8H,3,5H2,1H3. The van der Waals surface area contributed by atoms with Crippen LogP contribution in [0.4, 0.5) is 13.2 Å². The molecule has 0 aliphatic heterocycles. The van der Waals surface area contributed by atoms with Gasteiger partial charge in [0.2, 0.25) is 0 Å². The van der Waals surface area contributed by atoms with Crippen LogP contribution in [0, 0.1) is 11.3 Å². The summed E-state index contributed by atoms with van der Waals surface area (Å²) in [4.78, 5) is 10.7. The molecular weight excluding hydrogens is 287 g/mol. The molecule has 0 aromatic heterocycles. The molecule has 0 atom stereocenters. The Kier molecular flexibility index (Phi) is 5.83. The SMILES string of the molecule is CC(=O)SCCC=Cc1cc(C#N)cc(C(F)(F)F)c1. The van der Waals surface area contributed by atoms with Crippen LogP contribution in [0.2, 0.25) is 0 Å². The number of benzene rings is 1. The van der Waals surface area contributed by atoms with Crippen LogP contribution < -0.4 is 0 Å². The van der Waals surface area contributed by atoms with E-state index in [1.165, 1.54) is 19.1 Å². The summed E-state index contributed by atoms with van der Waals surface area (Å²) in [6.45, 7) is 1.46. The van der Waals surface area contributed by atoms with Gasteiger partial charge in [-0.1, -0.05) is 23.9 Å². The van der Waals surface area contributed by atoms with Crippen LogP contribution in [0.5, 0.6) is 0 Å². The summed E-state index contributed by atoms with van der Waals surface area (Å²) in [6, 6.07) is 4.92. The van der Waals surface area contributed by atoms with Crippen molar-refractivity contribution in [1.82, 2.24) is 0 Å². The van der Waals surface area contributed by atoms with Crippen molar-refractivity contribution in [2.45, 2.75) is 19.5 Å². The van der Waals surface area contributed by atoms with Crippen molar-refractivity contribution in [1.29, 1.82) is 5.26 Å². The summed E-state index contributed by atoms with van der Waals surface area (Å²) in [7, 11) is 0. The third-order valence-corrected chi connectivity index (χ3v) is 3.16. The lowest BCUT2D eigenvalue weighted by molar-refractivity contribution is -0.137. The molecule has 0 amide bonds. The zero-order chi connectivity index (χ0) is 15.2. The number of nitrogens with zero attached hydrogens (tertiary/aromatic N) is 1. The number of halogens is 3. The lowest BCUT2D eigenvalue weighted by Crippen LogP contribution is -2.05. The van der Waals surface area contributed by atoms with Crippen LogP contribution >= 0.6 is 11.8 Å². The first-order valence-electron chi connectivity index (χ1n) is 5.75. The Balaban J connectivity index is 2.82. The summed E-state index contributed by atoms with van der Waals surface area (Å²) in [6.07, 6.45) is -0.689. The predicted octanol–water partition coefficient (Wildman–Crippen LogP) is 4.26. The van der Waals surface area contributed by atoms with Crippen molar-refractivity contribution < 1.29 is 18.0 Å². The Morgan fingerprint density at radius 3 is 2.65 bits per heavy atom. The van der Waals surface area contributed by atoms with Gasteiger partial charge in [-0.3, -0.25) is 4.79 Å². The minimum absolute atomic E-state index is 0.00392. The molecule has 0 N–H and O–H groups in total. The Morgan fingerprint density at radius 2 is 2.10 bits per heavy atom. The van der Waals surface area contributed by atoms with E-state index in [4.69, 9.17) is 5.26 Å². The Labute approximate surface area is 119 Å². The predicted molar refractivity (Wildman–Crippen MR) is 72.9 cm³/mol. The molecule has 0 fully saturated rings. The average Bonchev–Trinajstić information content (AvgIpc) is 2.36. The molecule has 6 heteroatoms. The van der Waals surface area contributed by atoms with E-state index in [-0.39, 0.29) is 10.7 Å². The molecule has 1 rings (SSSR count). The minimum atomic E-state index is -4.47. The Bertz CT molecular complexity index is 559. The summed E-state index contributed by atoms with van der Waals surface area (Å²) in [5.74, 6) is 0.579. The molecule has 0 unspecified atom stereocenters. The molecule has 20 heavy (non-hydrogen) atoms. The molecule has 0 spiro atoms. The topological polar surface area (TPSA) is 40.9 Å². The van der Waals surface area contributed by atoms with Crippen LogP contribution in [0.3, 0.4) is 0 Å². The van der Waals surface area contributed by atoms with Gasteiger partial charge >= 0.3 is 6.18 Å². The Morgan fingerprint density at radius 1 is 1.40 bits per heavy atom. The normalized spacial score (nSPS) is 11.6. The third-order valence-electron chi connectivity index (χ3n) is 2.31. The number of carbonyl (C=O) groups is 1. The van der Waals surface area contributed by atoms with Gasteiger partial charge in [0.25, 0.3) is 0 Å². The van der Waals surface area contributed by atoms with Crippen molar-refractivity contribution in [3.05, 3.63) is 41.0 Å². The zero-order valence-corrected chi connectivity index (χ0v) is 11.5. The highest BCUT2D eigenvalue weighted by atomic mass is 32.2. The van der Waals surface area contributed by atoms with Gasteiger partial charge in [0.05, 0.1) is 17.2 Å². The maximum absolute atomic E-state index is 12.6. The first kappa shape index (κ1) is 16.3. The fourth-order valence-corrected chi connectivity index (χ4v) is 2.01. The highest BCUT2D eigenvalue weighted by molar-refractivity contribution is 8.13. The highest BCUT2D eigenvalue weighted by Gasteiger charge is 2.30. The molecule has 0 aliphatic rings. The van der Waals surface area contributed by atoms with Crippen molar-refractivity contribution in [3.63, 3.8) is 0 Å². The molecule has 1 aromatic carbocycles. The zero-order valence-electron chi connectivity index (χ0n) is 10.7. The van der Waals surface area contributed by atoms with E-state index in [1.807, 2.05) is 0 Å². The lowest BCUT2D eigenvalue weighted by atomic mass is 10.1. The van der Waals surface area contributed by atoms with Gasteiger partial charge in [0.15, 0.2) is 5.12 Å². The van der Waals surface area contributed by atoms with Crippen LogP contribution in [0.25, 0.3) is 6.08 Å². The quantitative estimate of drug-likeness (QED) is 0.780. The Hall–Kier alpha value is -1.74. The monoisotopic (exact) mass is 299 g/mol. The first-order chi connectivity index (χ1) is 9.32. The van der Waals surface area contributed by atoms with Gasteiger partial charge in [-0.2, -0.15) is 18.4 Å². The maximum atomic E-state index is 12.6. The molecular formula is C14H12F3NOS. The smallest absolute Gasteiger partial charge is 0.288 e. The number of rotatable bonds is 4. The largest absolute Gasteiger partial charge is 0.416 e. The highest BCUT2D eigenvalue weighted by Crippen LogP contribution is 2.30. The van der Waals surface area contributed by atoms with E-state index >= 15 is 0 Å². The fraction of sp³-hybridized carbons (Fsp3) is 0.286. The molecule has 0 bridgehead atoms. The summed E-state index contributed by atoms with van der Waals surface area (Å²) in [5, 5.41) is 8.74. The van der Waals surface area contributed by atoms with Crippen molar-refractivity contribution in [2.24, 2.45) is 0 Å². The average molecular weight is 299 g/mol. The summed E-state index contributed by atoms with van der Waals surface area (Å²) < 4.78 is 37.9. The molecule has 0 saturated carbocycles. The van der Waals surface area contributed by atoms with Crippen molar-refractivity contribution in [3.8, 4) is 6.07 Å². The first-order valence-corrected chi connectivity index (χ1v) is 6.74. The number of alkyl halides is 3. The van der Waals surface area contributed by atoms with E-state index in [1.54, 1.807) is 12.1 Å². The van der Waals surface area contributed by atoms with Gasteiger partial charge in [0, 0.05) is 12.7 Å². The van der Waals surface area contributed by atoms with Gasteiger partial charge in [-0.25, -0.2) is 0 Å². The number of allylic oxidation sites excluding steroid dienone is 1. The molecule has 2 nitrogen and oxygen atoms in total. The molecule has 0 aliphatic carbocycles. The molecule has 0 radical (unpaired) electrons. The van der Waals surface area contributed by atoms with E-state index in [0.29, 0.717) is 17.7 Å². The number of nitriles is 1. The number of hydrogen-bond acceptors (Lipinski definition) is 3. The number of thioether (sulfide) groups is 1. The number of hydrogen-bond donors (Lipinski definition) is 0. The number of carbonyl (C=O) groups excluding carboxylic acids is 1. The van der Waals surface area contributed by atoms with Crippen molar-refractivity contribution >= 4 is 23.0 Å². The third kappa shape index (κ3) is 5.49. The molecule has 0 saturated heterocycles. The van der Waals surface area contributed by atoms with Gasteiger partial charge in [-0.15, -0.1) is 0 Å². The van der Waals surface area contributed by atoms with Gasteiger partial charge < -0.3 is 0 Å². The molecule has 0 heterocycles. The fourth-order valence-electron chi connectivity index (χ4n) is 1.47. The second-order valence-electron chi connectivity index (χ2n) is 3.98. The maximum Gasteiger partial charge on any atom is 0.416 e. The lowest BCUT2D eigenvalue weighted by Gasteiger charge is -2.08. The molecule has 1 aromatic rings. The van der Waals surface area contributed by atoms with E-state index in [0.717, 1.165) is 23.9 Å². The van der Waals surface area contributed by atoms with Crippen molar-refractivity contribution in [2.75, 3.05) is 5.75 Å². The molecule has 106 valence electrons. The summed E-state index contributed by atoms with van der Waals surface area (Å²) >= 11 is 1.16. The van der Waals surface area contributed by atoms with E-state index in [2.05, 4.69) is 0 Å². The van der Waals surface area contributed by atoms with E-state index < -0.39 is 11.7 Å². The summed E-state index contributed by atoms with van der Waals surface area (Å²) in [5.41, 5.74) is -0.545.